The highest BCUT2D eigenvalue weighted by Crippen LogP contribution is 2.21. The van der Waals surface area contributed by atoms with Gasteiger partial charge in [0.15, 0.2) is 0 Å². The summed E-state index contributed by atoms with van der Waals surface area (Å²) < 4.78 is 10.9. The molecule has 2 saturated heterocycles. The second-order valence-electron chi connectivity index (χ2n) is 7.56. The largest absolute Gasteiger partial charge is 0.444 e. The summed E-state index contributed by atoms with van der Waals surface area (Å²) in [5, 5.41) is 3.64. The lowest BCUT2D eigenvalue weighted by Gasteiger charge is -2.34. The van der Waals surface area contributed by atoms with Crippen LogP contribution in [0.3, 0.4) is 0 Å². The minimum Gasteiger partial charge on any atom is -0.444 e. The van der Waals surface area contributed by atoms with E-state index in [0.29, 0.717) is 12.0 Å². The molecule has 2 rings (SSSR count). The number of likely N-dealkylation sites (tertiary alicyclic amines) is 1. The van der Waals surface area contributed by atoms with Gasteiger partial charge in [0.1, 0.15) is 5.60 Å². The minimum atomic E-state index is -0.408. The molecule has 2 heterocycles. The molecule has 128 valence electrons. The van der Waals surface area contributed by atoms with Crippen LogP contribution >= 0.6 is 0 Å². The number of hydrogen-bond donors (Lipinski definition) is 1. The smallest absolute Gasteiger partial charge is 0.410 e. The fourth-order valence-electron chi connectivity index (χ4n) is 3.19. The van der Waals surface area contributed by atoms with E-state index < -0.39 is 5.60 Å². The molecule has 0 spiro atoms. The molecule has 0 aromatic heterocycles. The number of piperidine rings is 1. The summed E-state index contributed by atoms with van der Waals surface area (Å²) in [7, 11) is 0. The summed E-state index contributed by atoms with van der Waals surface area (Å²) in [5.74, 6) is 0.591. The maximum absolute atomic E-state index is 12.2. The molecule has 1 N–H and O–H groups in total. The van der Waals surface area contributed by atoms with Crippen molar-refractivity contribution in [1.29, 1.82) is 0 Å². The first-order valence-electron chi connectivity index (χ1n) is 8.73. The van der Waals surface area contributed by atoms with E-state index in [0.717, 1.165) is 58.5 Å². The van der Waals surface area contributed by atoms with Crippen LogP contribution in [0.2, 0.25) is 0 Å². The van der Waals surface area contributed by atoms with Crippen molar-refractivity contribution in [3.63, 3.8) is 0 Å². The Balaban J connectivity index is 1.67. The van der Waals surface area contributed by atoms with Gasteiger partial charge in [-0.15, -0.1) is 0 Å². The minimum absolute atomic E-state index is 0.158. The molecular weight excluding hydrogens is 280 g/mol. The Labute approximate surface area is 134 Å². The third kappa shape index (κ3) is 6.13. The summed E-state index contributed by atoms with van der Waals surface area (Å²) in [6, 6.07) is 0.610. The number of rotatable bonds is 4. The Morgan fingerprint density at radius 2 is 2.00 bits per heavy atom. The number of carbonyl (C=O) groups is 1. The van der Waals surface area contributed by atoms with Crippen LogP contribution in [0.4, 0.5) is 4.79 Å². The summed E-state index contributed by atoms with van der Waals surface area (Å²) in [4.78, 5) is 14.0. The lowest BCUT2D eigenvalue weighted by Crippen LogP contribution is -2.43. The average molecular weight is 312 g/mol. The van der Waals surface area contributed by atoms with Crippen LogP contribution in [0.15, 0.2) is 0 Å². The van der Waals surface area contributed by atoms with Crippen LogP contribution in [-0.2, 0) is 9.47 Å². The highest BCUT2D eigenvalue weighted by Gasteiger charge is 2.27. The van der Waals surface area contributed by atoms with Gasteiger partial charge in [-0.1, -0.05) is 0 Å². The van der Waals surface area contributed by atoms with Crippen molar-refractivity contribution >= 4 is 6.09 Å². The van der Waals surface area contributed by atoms with E-state index >= 15 is 0 Å². The number of hydrogen-bond acceptors (Lipinski definition) is 4. The van der Waals surface area contributed by atoms with E-state index in [2.05, 4.69) is 5.32 Å². The third-order valence-corrected chi connectivity index (χ3v) is 4.38. The Morgan fingerprint density at radius 1 is 1.27 bits per heavy atom. The molecule has 0 bridgehead atoms. The predicted octanol–water partition coefficient (Wildman–Crippen LogP) is 2.79. The van der Waals surface area contributed by atoms with Crippen molar-refractivity contribution in [2.24, 2.45) is 5.92 Å². The van der Waals surface area contributed by atoms with E-state index in [4.69, 9.17) is 9.47 Å². The first-order valence-corrected chi connectivity index (χ1v) is 8.73. The summed E-state index contributed by atoms with van der Waals surface area (Å²) >= 11 is 0. The Bertz CT molecular complexity index is 348. The Hall–Kier alpha value is -0.810. The molecule has 1 unspecified atom stereocenters. The molecule has 2 aliphatic rings. The second kappa shape index (κ2) is 8.16. The van der Waals surface area contributed by atoms with Gasteiger partial charge < -0.3 is 19.7 Å². The van der Waals surface area contributed by atoms with Crippen molar-refractivity contribution in [2.75, 3.05) is 32.8 Å². The molecule has 22 heavy (non-hydrogen) atoms. The van der Waals surface area contributed by atoms with Crippen LogP contribution in [0.25, 0.3) is 0 Å². The van der Waals surface area contributed by atoms with Gasteiger partial charge in [-0.3, -0.25) is 0 Å². The molecule has 0 radical (unpaired) electrons. The van der Waals surface area contributed by atoms with E-state index in [-0.39, 0.29) is 6.09 Å². The van der Waals surface area contributed by atoms with Crippen LogP contribution in [0, 0.1) is 5.92 Å². The van der Waals surface area contributed by atoms with E-state index in [1.165, 1.54) is 6.42 Å². The van der Waals surface area contributed by atoms with Gasteiger partial charge in [-0.25, -0.2) is 4.79 Å². The molecule has 1 amide bonds. The molecule has 5 nitrogen and oxygen atoms in total. The molecular formula is C17H32N2O3. The first kappa shape index (κ1) is 17.5. The number of nitrogens with one attached hydrogen (secondary N) is 1. The standard InChI is InChI=1S/C17H32N2O3/c1-17(2,3)22-16(20)19-10-4-5-14(13-19)6-9-18-15-7-11-21-12-8-15/h14-15,18H,4-13H2,1-3H3. The maximum Gasteiger partial charge on any atom is 0.410 e. The van der Waals surface area contributed by atoms with Gasteiger partial charge >= 0.3 is 6.09 Å². The molecule has 2 fully saturated rings. The summed E-state index contributed by atoms with van der Waals surface area (Å²) in [5.41, 5.74) is -0.408. The zero-order valence-corrected chi connectivity index (χ0v) is 14.4. The van der Waals surface area contributed by atoms with Crippen LogP contribution in [0.1, 0.15) is 52.9 Å². The number of carbonyl (C=O) groups excluding carboxylic acids is 1. The van der Waals surface area contributed by atoms with E-state index in [1.807, 2.05) is 25.7 Å². The second-order valence-corrected chi connectivity index (χ2v) is 7.56. The molecule has 1 atom stereocenters. The molecule has 0 aliphatic carbocycles. The third-order valence-electron chi connectivity index (χ3n) is 4.38. The fourth-order valence-corrected chi connectivity index (χ4v) is 3.19. The zero-order valence-electron chi connectivity index (χ0n) is 14.4. The van der Waals surface area contributed by atoms with Crippen molar-refractivity contribution in [2.45, 2.75) is 64.5 Å². The molecule has 2 aliphatic heterocycles. The first-order chi connectivity index (χ1) is 10.4. The van der Waals surface area contributed by atoms with Gasteiger partial charge in [-0.05, 0) is 65.3 Å². The monoisotopic (exact) mass is 312 g/mol. The number of amides is 1. The van der Waals surface area contributed by atoms with Crippen molar-refractivity contribution in [3.8, 4) is 0 Å². The van der Waals surface area contributed by atoms with E-state index in [9.17, 15) is 4.79 Å². The van der Waals surface area contributed by atoms with Gasteiger partial charge in [-0.2, -0.15) is 0 Å². The van der Waals surface area contributed by atoms with E-state index in [1.54, 1.807) is 0 Å². The van der Waals surface area contributed by atoms with Gasteiger partial charge in [0.05, 0.1) is 0 Å². The molecule has 0 aromatic rings. The molecule has 0 aromatic carbocycles. The van der Waals surface area contributed by atoms with Gasteiger partial charge in [0, 0.05) is 32.3 Å². The van der Waals surface area contributed by atoms with Gasteiger partial charge in [0.25, 0.3) is 0 Å². The van der Waals surface area contributed by atoms with Crippen molar-refractivity contribution < 1.29 is 14.3 Å². The van der Waals surface area contributed by atoms with Crippen LogP contribution < -0.4 is 5.32 Å². The topological polar surface area (TPSA) is 50.8 Å². The van der Waals surface area contributed by atoms with Crippen molar-refractivity contribution in [1.82, 2.24) is 10.2 Å². The van der Waals surface area contributed by atoms with Crippen molar-refractivity contribution in [3.05, 3.63) is 0 Å². The highest BCUT2D eigenvalue weighted by molar-refractivity contribution is 5.68. The normalized spacial score (nSPS) is 24.3. The fraction of sp³-hybridized carbons (Fsp3) is 0.941. The number of ether oxygens (including phenoxy) is 2. The van der Waals surface area contributed by atoms with Crippen LogP contribution in [0.5, 0.6) is 0 Å². The van der Waals surface area contributed by atoms with Crippen LogP contribution in [-0.4, -0.2) is 55.5 Å². The lowest BCUT2D eigenvalue weighted by atomic mass is 9.95. The maximum atomic E-state index is 12.2. The Kier molecular flexibility index (Phi) is 6.50. The Morgan fingerprint density at radius 3 is 2.68 bits per heavy atom. The highest BCUT2D eigenvalue weighted by atomic mass is 16.6. The molecule has 5 heteroatoms. The zero-order chi connectivity index (χ0) is 16.0. The average Bonchev–Trinajstić information content (AvgIpc) is 2.47. The molecule has 0 saturated carbocycles. The van der Waals surface area contributed by atoms with Gasteiger partial charge in [0.2, 0.25) is 0 Å². The lowest BCUT2D eigenvalue weighted by molar-refractivity contribution is 0.0160. The predicted molar refractivity (Wildman–Crippen MR) is 87.0 cm³/mol. The SMILES string of the molecule is CC(C)(C)OC(=O)N1CCCC(CCNC2CCOCC2)C1. The number of nitrogens with zero attached hydrogens (tertiary/aromatic N) is 1. The quantitative estimate of drug-likeness (QED) is 0.867. The summed E-state index contributed by atoms with van der Waals surface area (Å²) in [6.07, 6.45) is 5.52. The summed E-state index contributed by atoms with van der Waals surface area (Å²) in [6.45, 7) is 10.2.